The molecule has 102 valence electrons. The molecule has 0 radical (unpaired) electrons. The molecule has 2 rings (SSSR count). The van der Waals surface area contributed by atoms with Crippen LogP contribution in [0.4, 0.5) is 18.3 Å². The second-order valence-electron chi connectivity index (χ2n) is 4.32. The van der Waals surface area contributed by atoms with E-state index in [1.807, 2.05) is 0 Å². The molecular formula is C10H13F3N2O2S. The molecule has 1 aliphatic rings. The lowest BCUT2D eigenvalue weighted by atomic mass is 9.91. The summed E-state index contributed by atoms with van der Waals surface area (Å²) < 4.78 is 37.0. The lowest BCUT2D eigenvalue weighted by molar-refractivity contribution is -0.140. The van der Waals surface area contributed by atoms with Gasteiger partial charge in [-0.15, -0.1) is 11.3 Å². The van der Waals surface area contributed by atoms with Crippen LogP contribution in [0.5, 0.6) is 0 Å². The van der Waals surface area contributed by atoms with Crippen LogP contribution in [0.1, 0.15) is 25.0 Å². The number of halogens is 3. The highest BCUT2D eigenvalue weighted by Crippen LogP contribution is 2.32. The third kappa shape index (κ3) is 3.12. The van der Waals surface area contributed by atoms with E-state index >= 15 is 0 Å². The molecule has 0 aliphatic heterocycles. The van der Waals surface area contributed by atoms with Gasteiger partial charge in [0, 0.05) is 11.4 Å². The van der Waals surface area contributed by atoms with E-state index in [9.17, 15) is 23.4 Å². The first-order valence-corrected chi connectivity index (χ1v) is 6.39. The molecule has 0 saturated heterocycles. The van der Waals surface area contributed by atoms with Gasteiger partial charge in [0.15, 0.2) is 10.8 Å². The first kappa shape index (κ1) is 13.6. The Labute approximate surface area is 105 Å². The normalized spacial score (nSPS) is 29.3. The molecular weight excluding hydrogens is 269 g/mol. The molecule has 4 nitrogen and oxygen atoms in total. The van der Waals surface area contributed by atoms with Crippen molar-refractivity contribution in [2.45, 2.75) is 43.7 Å². The summed E-state index contributed by atoms with van der Waals surface area (Å²) in [6.07, 6.45) is -4.68. The van der Waals surface area contributed by atoms with Crippen LogP contribution in [0.2, 0.25) is 0 Å². The lowest BCUT2D eigenvalue weighted by Gasteiger charge is -2.30. The van der Waals surface area contributed by atoms with Crippen molar-refractivity contribution in [1.82, 2.24) is 4.98 Å². The highest BCUT2D eigenvalue weighted by molar-refractivity contribution is 7.13. The van der Waals surface area contributed by atoms with E-state index in [2.05, 4.69) is 10.3 Å². The van der Waals surface area contributed by atoms with Gasteiger partial charge >= 0.3 is 6.18 Å². The molecule has 1 aromatic heterocycles. The minimum Gasteiger partial charge on any atom is -0.390 e. The highest BCUT2D eigenvalue weighted by atomic mass is 32.1. The SMILES string of the molecule is O[C@@H]1CCC(Nc2nc(C(F)(F)F)cs2)C[C@@H]1O. The standard InChI is InChI=1S/C10H13F3N2O2S/c11-10(12,13)8-4-18-9(15-8)14-5-1-2-6(16)7(17)3-5/h4-7,16-17H,1-3H2,(H,14,15)/t5?,6-,7+/m1/s1. The van der Waals surface area contributed by atoms with Gasteiger partial charge in [0.25, 0.3) is 0 Å². The maximum atomic E-state index is 12.3. The molecule has 3 N–H and O–H groups in total. The van der Waals surface area contributed by atoms with Crippen molar-refractivity contribution < 1.29 is 23.4 Å². The number of anilines is 1. The Morgan fingerprint density at radius 3 is 2.56 bits per heavy atom. The minimum atomic E-state index is -4.43. The number of hydrogen-bond acceptors (Lipinski definition) is 5. The van der Waals surface area contributed by atoms with Crippen molar-refractivity contribution in [3.8, 4) is 0 Å². The number of nitrogens with one attached hydrogen (secondary N) is 1. The van der Waals surface area contributed by atoms with Crippen molar-refractivity contribution in [2.75, 3.05) is 5.32 Å². The number of rotatable bonds is 2. The quantitative estimate of drug-likeness (QED) is 0.774. The van der Waals surface area contributed by atoms with Crippen molar-refractivity contribution >= 4 is 16.5 Å². The first-order valence-electron chi connectivity index (χ1n) is 5.51. The molecule has 0 aromatic carbocycles. The second-order valence-corrected chi connectivity index (χ2v) is 5.18. The predicted octanol–water partition coefficient (Wildman–Crippen LogP) is 1.85. The maximum Gasteiger partial charge on any atom is 0.434 e. The highest BCUT2D eigenvalue weighted by Gasteiger charge is 2.34. The summed E-state index contributed by atoms with van der Waals surface area (Å²) in [6, 6.07) is -0.157. The van der Waals surface area contributed by atoms with Crippen LogP contribution in [-0.2, 0) is 6.18 Å². The van der Waals surface area contributed by atoms with Crippen LogP contribution in [0.25, 0.3) is 0 Å². The van der Waals surface area contributed by atoms with E-state index in [0.717, 1.165) is 16.7 Å². The summed E-state index contributed by atoms with van der Waals surface area (Å²) >= 11 is 0.886. The molecule has 18 heavy (non-hydrogen) atoms. The van der Waals surface area contributed by atoms with Gasteiger partial charge in [-0.1, -0.05) is 0 Å². The largest absolute Gasteiger partial charge is 0.434 e. The Morgan fingerprint density at radius 2 is 2.00 bits per heavy atom. The molecule has 1 saturated carbocycles. The zero-order valence-corrected chi connectivity index (χ0v) is 10.1. The molecule has 1 aliphatic carbocycles. The molecule has 1 fully saturated rings. The Bertz CT molecular complexity index is 410. The molecule has 0 bridgehead atoms. The van der Waals surface area contributed by atoms with E-state index in [0.29, 0.717) is 19.3 Å². The summed E-state index contributed by atoms with van der Waals surface area (Å²) in [4.78, 5) is 3.46. The van der Waals surface area contributed by atoms with Crippen molar-refractivity contribution in [3.05, 3.63) is 11.1 Å². The average molecular weight is 282 g/mol. The van der Waals surface area contributed by atoms with Crippen molar-refractivity contribution in [1.29, 1.82) is 0 Å². The number of nitrogens with zero attached hydrogens (tertiary/aromatic N) is 1. The number of hydrogen-bond donors (Lipinski definition) is 3. The third-order valence-corrected chi connectivity index (χ3v) is 3.68. The first-order chi connectivity index (χ1) is 8.36. The number of aliphatic hydroxyl groups excluding tert-OH is 2. The summed E-state index contributed by atoms with van der Waals surface area (Å²) in [6.45, 7) is 0. The lowest BCUT2D eigenvalue weighted by Crippen LogP contribution is -2.39. The number of alkyl halides is 3. The van der Waals surface area contributed by atoms with Gasteiger partial charge in [0.1, 0.15) is 0 Å². The topological polar surface area (TPSA) is 65.4 Å². The van der Waals surface area contributed by atoms with Crippen LogP contribution in [0.15, 0.2) is 5.38 Å². The molecule has 0 amide bonds. The Kier molecular flexibility index (Phi) is 3.79. The van der Waals surface area contributed by atoms with Crippen LogP contribution in [0, 0.1) is 0 Å². The van der Waals surface area contributed by atoms with E-state index < -0.39 is 24.1 Å². The predicted molar refractivity (Wildman–Crippen MR) is 60.4 cm³/mol. The van der Waals surface area contributed by atoms with E-state index in [1.165, 1.54) is 0 Å². The molecule has 1 aromatic rings. The number of aliphatic hydroxyl groups is 2. The van der Waals surface area contributed by atoms with Crippen molar-refractivity contribution in [3.63, 3.8) is 0 Å². The van der Waals surface area contributed by atoms with E-state index in [-0.39, 0.29) is 11.2 Å². The summed E-state index contributed by atoms with van der Waals surface area (Å²) in [5.41, 5.74) is -0.911. The van der Waals surface area contributed by atoms with Gasteiger partial charge < -0.3 is 15.5 Å². The fourth-order valence-electron chi connectivity index (χ4n) is 1.91. The molecule has 1 heterocycles. The minimum absolute atomic E-state index is 0.157. The summed E-state index contributed by atoms with van der Waals surface area (Å²) in [7, 11) is 0. The molecule has 1 unspecified atom stereocenters. The monoisotopic (exact) mass is 282 g/mol. The Morgan fingerprint density at radius 1 is 1.28 bits per heavy atom. The summed E-state index contributed by atoms with van der Waals surface area (Å²) in [5, 5.41) is 22.8. The smallest absolute Gasteiger partial charge is 0.390 e. The fraction of sp³-hybridized carbons (Fsp3) is 0.700. The van der Waals surface area contributed by atoms with E-state index in [1.54, 1.807) is 0 Å². The van der Waals surface area contributed by atoms with Gasteiger partial charge in [-0.25, -0.2) is 4.98 Å². The van der Waals surface area contributed by atoms with Gasteiger partial charge in [0.2, 0.25) is 0 Å². The van der Waals surface area contributed by atoms with Crippen LogP contribution in [0.3, 0.4) is 0 Å². The molecule has 0 spiro atoms. The number of aromatic nitrogens is 1. The average Bonchev–Trinajstić information content (AvgIpc) is 2.72. The van der Waals surface area contributed by atoms with Crippen molar-refractivity contribution in [2.24, 2.45) is 0 Å². The second kappa shape index (κ2) is 5.02. The van der Waals surface area contributed by atoms with E-state index in [4.69, 9.17) is 0 Å². The van der Waals surface area contributed by atoms with Gasteiger partial charge in [-0.2, -0.15) is 13.2 Å². The van der Waals surface area contributed by atoms with Gasteiger partial charge in [-0.05, 0) is 19.3 Å². The number of thiazole rings is 1. The zero-order chi connectivity index (χ0) is 13.3. The fourth-order valence-corrected chi connectivity index (χ4v) is 2.70. The zero-order valence-electron chi connectivity index (χ0n) is 9.31. The summed E-state index contributed by atoms with van der Waals surface area (Å²) in [5.74, 6) is 0. The van der Waals surface area contributed by atoms with Gasteiger partial charge in [-0.3, -0.25) is 0 Å². The third-order valence-electron chi connectivity index (χ3n) is 2.90. The van der Waals surface area contributed by atoms with Crippen LogP contribution in [-0.4, -0.2) is 33.4 Å². The molecule has 3 atom stereocenters. The van der Waals surface area contributed by atoms with Crippen LogP contribution >= 0.6 is 11.3 Å². The van der Waals surface area contributed by atoms with Crippen LogP contribution < -0.4 is 5.32 Å². The Balaban J connectivity index is 1.96. The molecule has 8 heteroatoms. The van der Waals surface area contributed by atoms with Gasteiger partial charge in [0.05, 0.1) is 12.2 Å². The maximum absolute atomic E-state index is 12.3. The Hall–Kier alpha value is -0.860.